The van der Waals surface area contributed by atoms with Gasteiger partial charge < -0.3 is 14.3 Å². The van der Waals surface area contributed by atoms with Crippen molar-refractivity contribution in [3.05, 3.63) is 29.8 Å². The van der Waals surface area contributed by atoms with E-state index in [4.69, 9.17) is 16.3 Å². The van der Waals surface area contributed by atoms with Crippen molar-refractivity contribution in [1.82, 2.24) is 0 Å². The Hall–Kier alpha value is -0.0600. The van der Waals surface area contributed by atoms with E-state index >= 15 is 0 Å². The van der Waals surface area contributed by atoms with Gasteiger partial charge >= 0.3 is 0 Å². The van der Waals surface area contributed by atoms with Crippen molar-refractivity contribution in [2.75, 3.05) is 25.1 Å². The van der Waals surface area contributed by atoms with Crippen molar-refractivity contribution in [2.45, 2.75) is 19.8 Å². The van der Waals surface area contributed by atoms with E-state index in [0.717, 1.165) is 0 Å². The Morgan fingerprint density at radius 1 is 1.44 bits per heavy atom. The van der Waals surface area contributed by atoms with Crippen molar-refractivity contribution in [2.24, 2.45) is 0 Å². The molecule has 102 valence electrons. The zero-order valence-corrected chi connectivity index (χ0v) is 13.5. The lowest BCUT2D eigenvalue weighted by Gasteiger charge is -2.24. The molecule has 0 aromatic heterocycles. The van der Waals surface area contributed by atoms with E-state index in [1.54, 1.807) is 0 Å². The van der Waals surface area contributed by atoms with E-state index in [1.165, 1.54) is 11.3 Å². The topological polar surface area (TPSA) is 32.7 Å². The maximum atomic E-state index is 9.29. The molecule has 1 N–H and O–H groups in total. The third-order valence-electron chi connectivity index (χ3n) is 2.66. The molecule has 3 nitrogen and oxygen atoms in total. The first-order valence-electron chi connectivity index (χ1n) is 5.81. The average Bonchev–Trinajstić information content (AvgIpc) is 2.27. The van der Waals surface area contributed by atoms with Gasteiger partial charge in [0.1, 0.15) is 0 Å². The van der Waals surface area contributed by atoms with Crippen LogP contribution in [0, 0.1) is 0 Å². The van der Waals surface area contributed by atoms with E-state index in [2.05, 4.69) is 43.1 Å². The minimum Gasteiger partial charge on any atom is -0.372 e. The normalized spacial score (nSPS) is 14.6. The highest BCUT2D eigenvalue weighted by atomic mass is 32.9. The van der Waals surface area contributed by atoms with E-state index in [1.807, 2.05) is 19.2 Å². The van der Waals surface area contributed by atoms with Crippen LogP contribution in [0.15, 0.2) is 24.3 Å². The number of likely N-dealkylation sites (N-methyl/N-ethyl adjacent to an activating group) is 1. The van der Waals surface area contributed by atoms with Gasteiger partial charge in [-0.05, 0) is 29.4 Å². The summed E-state index contributed by atoms with van der Waals surface area (Å²) in [5, 5.41) is 0. The van der Waals surface area contributed by atoms with Crippen LogP contribution in [0.5, 0.6) is 0 Å². The molecule has 1 unspecified atom stereocenters. The molecule has 0 radical (unpaired) electrons. The lowest BCUT2D eigenvalue weighted by molar-refractivity contribution is 0.328. The largest absolute Gasteiger partial charge is 0.372 e. The second kappa shape index (κ2) is 6.92. The SMILES string of the molecule is CC(C)c1ccccc1N(C)CCOP(O)(=S)S. The molecule has 0 fully saturated rings. The van der Waals surface area contributed by atoms with E-state index < -0.39 is 5.69 Å². The highest BCUT2D eigenvalue weighted by Crippen LogP contribution is 2.47. The second-order valence-corrected chi connectivity index (χ2v) is 9.62. The van der Waals surface area contributed by atoms with Crippen LogP contribution in [0.3, 0.4) is 0 Å². The van der Waals surface area contributed by atoms with Gasteiger partial charge in [-0.3, -0.25) is 0 Å². The fraction of sp³-hybridized carbons (Fsp3) is 0.500. The minimum absolute atomic E-state index is 0.375. The number of nitrogens with zero attached hydrogens (tertiary/aromatic N) is 1. The quantitative estimate of drug-likeness (QED) is 0.623. The Morgan fingerprint density at radius 3 is 2.61 bits per heavy atom. The molecular formula is C12H20NO2PS2. The molecule has 0 saturated heterocycles. The Bertz CT molecular complexity index is 434. The molecular weight excluding hydrogens is 285 g/mol. The van der Waals surface area contributed by atoms with E-state index in [9.17, 15) is 4.89 Å². The van der Waals surface area contributed by atoms with Crippen molar-refractivity contribution in [3.8, 4) is 0 Å². The molecule has 1 aromatic carbocycles. The van der Waals surface area contributed by atoms with Gasteiger partial charge in [-0.2, -0.15) is 0 Å². The first kappa shape index (κ1) is 16.0. The van der Waals surface area contributed by atoms with Gasteiger partial charge in [-0.1, -0.05) is 44.3 Å². The monoisotopic (exact) mass is 305 g/mol. The van der Waals surface area contributed by atoms with Crippen LogP contribution in [0.4, 0.5) is 5.69 Å². The summed E-state index contributed by atoms with van der Waals surface area (Å²) in [7, 11) is 2.00. The molecule has 0 aliphatic heterocycles. The molecule has 0 aliphatic carbocycles. The average molecular weight is 305 g/mol. The highest BCUT2D eigenvalue weighted by Gasteiger charge is 2.11. The molecule has 0 aliphatic rings. The number of anilines is 1. The first-order valence-corrected chi connectivity index (χ1v) is 9.64. The van der Waals surface area contributed by atoms with Gasteiger partial charge in [-0.15, -0.1) is 0 Å². The number of hydrogen-bond donors (Lipinski definition) is 2. The molecule has 0 bridgehead atoms. The van der Waals surface area contributed by atoms with Crippen LogP contribution in [-0.2, 0) is 16.3 Å². The predicted molar refractivity (Wildman–Crippen MR) is 85.2 cm³/mol. The summed E-state index contributed by atoms with van der Waals surface area (Å²) in [4.78, 5) is 11.4. The van der Waals surface area contributed by atoms with Crippen LogP contribution in [0.2, 0.25) is 0 Å². The second-order valence-electron chi connectivity index (χ2n) is 4.46. The standard InChI is InChI=1S/C12H20NO2PS2/c1-10(2)11-6-4-5-7-12(11)13(3)8-9-15-16(14,17)18/h4-7,10H,8-9H2,1-3H3,(H2,14,17,18). The van der Waals surface area contributed by atoms with Crippen LogP contribution in [0.25, 0.3) is 0 Å². The number of para-hydroxylation sites is 1. The van der Waals surface area contributed by atoms with Crippen LogP contribution >= 0.6 is 17.9 Å². The zero-order chi connectivity index (χ0) is 13.8. The fourth-order valence-electron chi connectivity index (χ4n) is 1.74. The molecule has 0 saturated carbocycles. The van der Waals surface area contributed by atoms with Crippen molar-refractivity contribution >= 4 is 35.4 Å². The number of rotatable bonds is 6. The maximum absolute atomic E-state index is 9.29. The van der Waals surface area contributed by atoms with Crippen LogP contribution < -0.4 is 4.90 Å². The molecule has 1 aromatic rings. The third kappa shape index (κ3) is 5.29. The molecule has 6 heteroatoms. The lowest BCUT2D eigenvalue weighted by atomic mass is 10.0. The van der Waals surface area contributed by atoms with Crippen LogP contribution in [0.1, 0.15) is 25.3 Å². The molecule has 0 heterocycles. The van der Waals surface area contributed by atoms with Crippen molar-refractivity contribution < 1.29 is 9.42 Å². The fourth-order valence-corrected chi connectivity index (χ4v) is 2.53. The Morgan fingerprint density at radius 2 is 2.06 bits per heavy atom. The lowest BCUT2D eigenvalue weighted by Crippen LogP contribution is -2.23. The van der Waals surface area contributed by atoms with Gasteiger partial charge in [0.15, 0.2) is 0 Å². The van der Waals surface area contributed by atoms with Crippen molar-refractivity contribution in [1.29, 1.82) is 0 Å². The summed E-state index contributed by atoms with van der Waals surface area (Å²) in [5.74, 6) is 0.470. The van der Waals surface area contributed by atoms with Crippen LogP contribution in [-0.4, -0.2) is 25.1 Å². The van der Waals surface area contributed by atoms with Gasteiger partial charge in [0, 0.05) is 19.3 Å². The van der Waals surface area contributed by atoms with E-state index in [0.29, 0.717) is 19.1 Å². The van der Waals surface area contributed by atoms with Gasteiger partial charge in [0.25, 0.3) is 0 Å². The zero-order valence-electron chi connectivity index (χ0n) is 10.9. The third-order valence-corrected chi connectivity index (χ3v) is 3.84. The molecule has 0 spiro atoms. The summed E-state index contributed by atoms with van der Waals surface area (Å²) >= 11 is 8.55. The van der Waals surface area contributed by atoms with Gasteiger partial charge in [-0.25, -0.2) is 0 Å². The first-order chi connectivity index (χ1) is 8.31. The minimum atomic E-state index is -2.84. The number of benzene rings is 1. The summed E-state index contributed by atoms with van der Waals surface area (Å²) in [6.07, 6.45) is 0. The molecule has 1 atom stereocenters. The van der Waals surface area contributed by atoms with Gasteiger partial charge in [0.05, 0.1) is 6.61 Å². The smallest absolute Gasteiger partial charge is 0.241 e. The Balaban J connectivity index is 2.67. The summed E-state index contributed by atoms with van der Waals surface area (Å²) in [6.45, 7) is 5.39. The molecule has 0 amide bonds. The summed E-state index contributed by atoms with van der Waals surface area (Å²) in [5.41, 5.74) is -0.361. The highest BCUT2D eigenvalue weighted by molar-refractivity contribution is 8.59. The summed E-state index contributed by atoms with van der Waals surface area (Å²) < 4.78 is 5.13. The summed E-state index contributed by atoms with van der Waals surface area (Å²) in [6, 6.07) is 8.29. The van der Waals surface area contributed by atoms with Crippen molar-refractivity contribution in [3.63, 3.8) is 0 Å². The Kier molecular flexibility index (Phi) is 6.15. The van der Waals surface area contributed by atoms with E-state index in [-0.39, 0.29) is 0 Å². The predicted octanol–water partition coefficient (Wildman–Crippen LogP) is 3.41. The number of hydrogen-bond acceptors (Lipinski definition) is 3. The van der Waals surface area contributed by atoms with Gasteiger partial charge in [0.2, 0.25) is 5.69 Å². The molecule has 18 heavy (non-hydrogen) atoms. The maximum Gasteiger partial charge on any atom is 0.241 e. The number of thiol groups is 1. The Labute approximate surface area is 119 Å². The molecule has 1 rings (SSSR count).